The Morgan fingerprint density at radius 2 is 2.17 bits per heavy atom. The predicted molar refractivity (Wildman–Crippen MR) is 116 cm³/mol. The van der Waals surface area contributed by atoms with Crippen LogP contribution in [-0.4, -0.2) is 33.0 Å². The van der Waals surface area contributed by atoms with E-state index in [9.17, 15) is 9.35 Å². The molecule has 0 bridgehead atoms. The largest absolute Gasteiger partial charge is 0.593 e. The topological polar surface area (TPSA) is 105 Å². The van der Waals surface area contributed by atoms with Crippen LogP contribution in [0.1, 0.15) is 12.0 Å². The number of aromatic nitrogens is 2. The number of hydrogen-bond acceptors (Lipinski definition) is 5. The van der Waals surface area contributed by atoms with E-state index in [0.717, 1.165) is 24.2 Å². The van der Waals surface area contributed by atoms with Crippen molar-refractivity contribution in [1.82, 2.24) is 9.78 Å². The Morgan fingerprint density at radius 3 is 2.87 bits per heavy atom. The summed E-state index contributed by atoms with van der Waals surface area (Å²) in [6.45, 7) is 1.47. The van der Waals surface area contributed by atoms with Crippen molar-refractivity contribution in [3.63, 3.8) is 0 Å². The van der Waals surface area contributed by atoms with Gasteiger partial charge in [-0.15, -0.1) is 5.14 Å². The average molecular weight is 445 g/mol. The quantitative estimate of drug-likeness (QED) is 0.544. The molecule has 2 heterocycles. The molecule has 1 fully saturated rings. The summed E-state index contributed by atoms with van der Waals surface area (Å²) in [5.74, 6) is -0.224. The van der Waals surface area contributed by atoms with Gasteiger partial charge in [-0.25, -0.2) is 0 Å². The molecular weight excluding hydrogens is 424 g/mol. The van der Waals surface area contributed by atoms with Crippen molar-refractivity contribution in [2.45, 2.75) is 30.4 Å². The maximum Gasteiger partial charge on any atom is 0.228 e. The molecule has 1 saturated heterocycles. The molecule has 1 aliphatic rings. The number of anilines is 1. The van der Waals surface area contributed by atoms with Gasteiger partial charge in [0.1, 0.15) is 0 Å². The van der Waals surface area contributed by atoms with Crippen molar-refractivity contribution in [3.8, 4) is 11.1 Å². The van der Waals surface area contributed by atoms with Crippen LogP contribution in [0.5, 0.6) is 0 Å². The molecule has 3 N–H and O–H groups in total. The molecule has 3 aromatic rings. The zero-order valence-electron chi connectivity index (χ0n) is 16.1. The molecule has 30 heavy (non-hydrogen) atoms. The number of carbonyl (C=O) groups excluding carboxylic acids is 1. The van der Waals surface area contributed by atoms with Crippen molar-refractivity contribution < 1.29 is 14.1 Å². The van der Waals surface area contributed by atoms with Crippen LogP contribution in [0.25, 0.3) is 11.1 Å². The molecule has 0 aliphatic carbocycles. The van der Waals surface area contributed by atoms with Crippen LogP contribution in [0.15, 0.2) is 59.8 Å². The molecule has 2 unspecified atom stereocenters. The van der Waals surface area contributed by atoms with Crippen LogP contribution in [0.2, 0.25) is 5.02 Å². The first kappa shape index (κ1) is 20.9. The van der Waals surface area contributed by atoms with E-state index in [2.05, 4.69) is 10.4 Å². The van der Waals surface area contributed by atoms with Gasteiger partial charge in [0.15, 0.2) is 4.90 Å². The minimum Gasteiger partial charge on any atom is -0.593 e. The van der Waals surface area contributed by atoms with E-state index in [1.54, 1.807) is 36.5 Å². The second-order valence-corrected chi connectivity index (χ2v) is 8.50. The first-order valence-corrected chi connectivity index (χ1v) is 11.1. The van der Waals surface area contributed by atoms with Gasteiger partial charge in [-0.3, -0.25) is 9.48 Å². The summed E-state index contributed by atoms with van der Waals surface area (Å²) in [4.78, 5) is 12.8. The van der Waals surface area contributed by atoms with Crippen LogP contribution in [0, 0.1) is 0 Å². The fourth-order valence-corrected chi connectivity index (χ4v) is 4.11. The summed E-state index contributed by atoms with van der Waals surface area (Å²) in [5, 5.41) is 13.4. The Labute approximate surface area is 182 Å². The number of rotatable bonds is 7. The number of halogens is 1. The lowest BCUT2D eigenvalue weighted by atomic mass is 10.1. The molecule has 1 aliphatic heterocycles. The molecule has 1 aromatic heterocycles. The molecule has 2 atom stereocenters. The molecule has 4 rings (SSSR count). The maximum atomic E-state index is 12.4. The molecule has 156 valence electrons. The maximum absolute atomic E-state index is 12.4. The Kier molecular flexibility index (Phi) is 6.40. The minimum absolute atomic E-state index is 0.137. The van der Waals surface area contributed by atoms with E-state index in [1.807, 2.05) is 23.0 Å². The normalized spacial score (nSPS) is 16.7. The Balaban J connectivity index is 1.50. The number of ether oxygens (including phenoxy) is 1. The average Bonchev–Trinajstić information content (AvgIpc) is 3.15. The van der Waals surface area contributed by atoms with Gasteiger partial charge in [0.25, 0.3) is 0 Å². The number of nitrogens with one attached hydrogen (secondary N) is 1. The van der Waals surface area contributed by atoms with Gasteiger partial charge in [-0.1, -0.05) is 29.8 Å². The smallest absolute Gasteiger partial charge is 0.228 e. The van der Waals surface area contributed by atoms with Crippen molar-refractivity contribution in [2.75, 3.05) is 11.9 Å². The number of hydrogen-bond donors (Lipinski definition) is 2. The van der Waals surface area contributed by atoms with E-state index >= 15 is 0 Å². The highest BCUT2D eigenvalue weighted by Gasteiger charge is 2.21. The molecule has 2 aromatic carbocycles. The second-order valence-electron chi connectivity index (χ2n) is 7.06. The first-order chi connectivity index (χ1) is 14.5. The van der Waals surface area contributed by atoms with Gasteiger partial charge in [0.2, 0.25) is 5.91 Å². The second kappa shape index (κ2) is 9.20. The third-order valence-corrected chi connectivity index (χ3v) is 6.06. The van der Waals surface area contributed by atoms with Crippen LogP contribution >= 0.6 is 11.6 Å². The van der Waals surface area contributed by atoms with Crippen LogP contribution < -0.4 is 10.5 Å². The van der Waals surface area contributed by atoms with Crippen LogP contribution in [0.4, 0.5) is 5.69 Å². The minimum atomic E-state index is -1.73. The van der Waals surface area contributed by atoms with E-state index in [0.29, 0.717) is 27.7 Å². The number of benzene rings is 2. The molecule has 7 nitrogen and oxygen atoms in total. The van der Waals surface area contributed by atoms with E-state index in [4.69, 9.17) is 21.5 Å². The van der Waals surface area contributed by atoms with Crippen molar-refractivity contribution in [2.24, 2.45) is 5.14 Å². The molecular formula is C21H21ClN4O3S. The van der Waals surface area contributed by atoms with Gasteiger partial charge < -0.3 is 14.6 Å². The van der Waals surface area contributed by atoms with Gasteiger partial charge in [0, 0.05) is 40.7 Å². The first-order valence-electron chi connectivity index (χ1n) is 9.47. The number of nitrogens with two attached hydrogens (primary N) is 1. The highest BCUT2D eigenvalue weighted by atomic mass is 35.5. The monoisotopic (exact) mass is 444 g/mol. The van der Waals surface area contributed by atoms with E-state index < -0.39 is 11.4 Å². The standard InChI is InChI=1S/C21H21ClN4O3S/c22-19-4-2-1-3-14(19)9-21(27)25-16-5-6-18(20(10-16)30(23)28)15-11-24-26(12-15)13-17-7-8-29-17/h1-6,10-12,17H,7-9,13,23H2,(H,25,27). The lowest BCUT2D eigenvalue weighted by Crippen LogP contribution is -2.31. The number of carbonyl (C=O) groups is 1. The van der Waals surface area contributed by atoms with Crippen LogP contribution in [-0.2, 0) is 33.9 Å². The Hall–Kier alpha value is -2.36. The van der Waals surface area contributed by atoms with Gasteiger partial charge in [-0.05, 0) is 30.2 Å². The number of nitrogens with zero attached hydrogens (tertiary/aromatic N) is 2. The third-order valence-electron chi connectivity index (χ3n) is 4.92. The lowest BCUT2D eigenvalue weighted by Gasteiger charge is -2.25. The third kappa shape index (κ3) is 4.85. The molecule has 0 saturated carbocycles. The summed E-state index contributed by atoms with van der Waals surface area (Å²) in [7, 11) is 0. The lowest BCUT2D eigenvalue weighted by molar-refractivity contribution is -0.115. The SMILES string of the molecule is N[S+]([O-])c1cc(NC(=O)Cc2ccccc2Cl)ccc1-c1cnn(CC2CCO2)c1. The summed E-state index contributed by atoms with van der Waals surface area (Å²) in [5.41, 5.74) is 2.76. The summed E-state index contributed by atoms with van der Waals surface area (Å²) in [6.07, 6.45) is 4.94. The highest BCUT2D eigenvalue weighted by molar-refractivity contribution is 7.89. The van der Waals surface area contributed by atoms with Gasteiger partial charge >= 0.3 is 0 Å². The molecule has 0 spiro atoms. The zero-order valence-corrected chi connectivity index (χ0v) is 17.7. The summed E-state index contributed by atoms with van der Waals surface area (Å²) >= 11 is 4.39. The van der Waals surface area contributed by atoms with E-state index in [-0.39, 0.29) is 18.4 Å². The van der Waals surface area contributed by atoms with Crippen molar-refractivity contribution in [3.05, 3.63) is 65.4 Å². The van der Waals surface area contributed by atoms with Crippen LogP contribution in [0.3, 0.4) is 0 Å². The highest BCUT2D eigenvalue weighted by Crippen LogP contribution is 2.29. The Morgan fingerprint density at radius 1 is 1.37 bits per heavy atom. The number of amides is 1. The van der Waals surface area contributed by atoms with E-state index in [1.165, 1.54) is 0 Å². The molecule has 0 radical (unpaired) electrons. The van der Waals surface area contributed by atoms with Crippen molar-refractivity contribution >= 4 is 34.6 Å². The fourth-order valence-electron chi connectivity index (χ4n) is 3.26. The van der Waals surface area contributed by atoms with Gasteiger partial charge in [-0.2, -0.15) is 5.10 Å². The fraction of sp³-hybridized carbons (Fsp3) is 0.238. The van der Waals surface area contributed by atoms with Gasteiger partial charge in [0.05, 0.1) is 36.6 Å². The van der Waals surface area contributed by atoms with Crippen molar-refractivity contribution in [1.29, 1.82) is 0 Å². The summed E-state index contributed by atoms with van der Waals surface area (Å²) in [6, 6.07) is 12.4. The Bertz CT molecular complexity index is 1050. The molecule has 9 heteroatoms. The predicted octanol–water partition coefficient (Wildman–Crippen LogP) is 3.15. The summed E-state index contributed by atoms with van der Waals surface area (Å²) < 4.78 is 19.4. The zero-order chi connectivity index (χ0) is 21.1. The molecule has 1 amide bonds.